The van der Waals surface area contributed by atoms with Crippen LogP contribution in [0.1, 0.15) is 18.1 Å². The average molecular weight is 302 g/mol. The van der Waals surface area contributed by atoms with E-state index < -0.39 is 0 Å². The highest BCUT2D eigenvalue weighted by Crippen LogP contribution is 2.50. The fourth-order valence-corrected chi connectivity index (χ4v) is 2.52. The number of methoxy groups -OCH3 is 4. The number of fused-ring (bicyclic) bond motifs is 1. The molecule has 0 N–H and O–H groups in total. The molecule has 0 fully saturated rings. The Bertz CT molecular complexity index is 529. The van der Waals surface area contributed by atoms with E-state index in [-0.39, 0.29) is 12.4 Å². The second kappa shape index (κ2) is 6.70. The molecule has 0 saturated carbocycles. The summed E-state index contributed by atoms with van der Waals surface area (Å²) in [6.45, 7) is 2.71. The molecule has 1 aromatic rings. The molecular formula is C14H20ClNO4. The predicted molar refractivity (Wildman–Crippen MR) is 80.7 cm³/mol. The van der Waals surface area contributed by atoms with Crippen LogP contribution in [0.2, 0.25) is 0 Å². The molecule has 0 saturated heterocycles. The number of hydrogen-bond donors (Lipinski definition) is 0. The van der Waals surface area contributed by atoms with Gasteiger partial charge in [0.15, 0.2) is 11.5 Å². The largest absolute Gasteiger partial charge is 0.492 e. The van der Waals surface area contributed by atoms with Gasteiger partial charge in [-0.25, -0.2) is 0 Å². The van der Waals surface area contributed by atoms with Gasteiger partial charge >= 0.3 is 0 Å². The zero-order valence-corrected chi connectivity index (χ0v) is 13.2. The van der Waals surface area contributed by atoms with Gasteiger partial charge in [-0.3, -0.25) is 4.99 Å². The Morgan fingerprint density at radius 1 is 0.800 bits per heavy atom. The first-order valence-corrected chi connectivity index (χ1v) is 6.09. The van der Waals surface area contributed by atoms with Gasteiger partial charge < -0.3 is 18.9 Å². The molecule has 20 heavy (non-hydrogen) atoms. The molecule has 1 heterocycles. The third-order valence-corrected chi connectivity index (χ3v) is 3.31. The third-order valence-electron chi connectivity index (χ3n) is 3.31. The summed E-state index contributed by atoms with van der Waals surface area (Å²) in [4.78, 5) is 4.47. The monoisotopic (exact) mass is 301 g/mol. The van der Waals surface area contributed by atoms with Crippen LogP contribution in [0.5, 0.6) is 23.0 Å². The molecule has 2 rings (SSSR count). The van der Waals surface area contributed by atoms with Crippen molar-refractivity contribution >= 4 is 18.1 Å². The van der Waals surface area contributed by atoms with E-state index in [4.69, 9.17) is 18.9 Å². The molecule has 0 aliphatic carbocycles. The summed E-state index contributed by atoms with van der Waals surface area (Å²) < 4.78 is 21.9. The van der Waals surface area contributed by atoms with Crippen molar-refractivity contribution in [3.8, 4) is 23.0 Å². The second-order valence-electron chi connectivity index (χ2n) is 4.20. The Morgan fingerprint density at radius 2 is 1.30 bits per heavy atom. The predicted octanol–water partition coefficient (Wildman–Crippen LogP) is 2.51. The van der Waals surface area contributed by atoms with E-state index in [2.05, 4.69) is 4.99 Å². The molecule has 0 amide bonds. The van der Waals surface area contributed by atoms with Crippen molar-refractivity contribution in [3.05, 3.63) is 11.1 Å². The molecule has 6 heteroatoms. The first kappa shape index (κ1) is 16.4. The van der Waals surface area contributed by atoms with E-state index >= 15 is 0 Å². The number of aliphatic imine (C=N–C) groups is 1. The number of benzene rings is 1. The Hall–Kier alpha value is -1.62. The number of halogens is 1. The number of ether oxygens (including phenoxy) is 4. The van der Waals surface area contributed by atoms with Gasteiger partial charge in [0.1, 0.15) is 0 Å². The van der Waals surface area contributed by atoms with Crippen molar-refractivity contribution < 1.29 is 18.9 Å². The lowest BCUT2D eigenvalue weighted by Gasteiger charge is -2.24. The van der Waals surface area contributed by atoms with Gasteiger partial charge in [0, 0.05) is 23.4 Å². The van der Waals surface area contributed by atoms with Crippen molar-refractivity contribution in [3.63, 3.8) is 0 Å². The summed E-state index contributed by atoms with van der Waals surface area (Å²) in [6.07, 6.45) is 0.798. The van der Waals surface area contributed by atoms with Crippen molar-refractivity contribution in [1.82, 2.24) is 0 Å². The molecule has 0 aromatic heterocycles. The van der Waals surface area contributed by atoms with E-state index in [0.29, 0.717) is 23.0 Å². The van der Waals surface area contributed by atoms with Crippen molar-refractivity contribution in [2.24, 2.45) is 4.99 Å². The molecule has 0 atom stereocenters. The molecule has 0 spiro atoms. The van der Waals surface area contributed by atoms with Crippen LogP contribution in [0.3, 0.4) is 0 Å². The molecule has 0 bridgehead atoms. The Balaban J connectivity index is 0.00000200. The number of rotatable bonds is 4. The summed E-state index contributed by atoms with van der Waals surface area (Å²) in [5.74, 6) is 2.45. The number of hydrogen-bond acceptors (Lipinski definition) is 5. The quantitative estimate of drug-likeness (QED) is 0.857. The first-order valence-electron chi connectivity index (χ1n) is 6.09. The average Bonchev–Trinajstić information content (AvgIpc) is 2.44. The minimum Gasteiger partial charge on any atom is -0.492 e. The van der Waals surface area contributed by atoms with Crippen LogP contribution < -0.4 is 18.9 Å². The van der Waals surface area contributed by atoms with Crippen molar-refractivity contribution in [1.29, 1.82) is 0 Å². The van der Waals surface area contributed by atoms with Gasteiger partial charge in [-0.05, 0) is 13.3 Å². The van der Waals surface area contributed by atoms with Crippen LogP contribution in [-0.4, -0.2) is 40.7 Å². The fourth-order valence-electron chi connectivity index (χ4n) is 2.52. The first-order chi connectivity index (χ1) is 9.19. The van der Waals surface area contributed by atoms with Crippen molar-refractivity contribution in [2.45, 2.75) is 13.3 Å². The minimum absolute atomic E-state index is 0. The van der Waals surface area contributed by atoms with Gasteiger partial charge in [-0.1, -0.05) is 0 Å². The Labute approximate surface area is 125 Å². The normalized spacial score (nSPS) is 12.8. The molecule has 0 unspecified atom stereocenters. The van der Waals surface area contributed by atoms with Gasteiger partial charge in [0.2, 0.25) is 11.5 Å². The summed E-state index contributed by atoms with van der Waals surface area (Å²) in [5, 5.41) is 0. The van der Waals surface area contributed by atoms with E-state index in [1.807, 2.05) is 6.92 Å². The Morgan fingerprint density at radius 3 is 1.80 bits per heavy atom. The summed E-state index contributed by atoms with van der Waals surface area (Å²) >= 11 is 0. The van der Waals surface area contributed by atoms with E-state index in [9.17, 15) is 0 Å². The second-order valence-corrected chi connectivity index (χ2v) is 4.20. The SMILES string of the molecule is COc1c2c(c(OC)c(OC)c1OC)C(C)=NCC2.Cl. The number of nitrogens with zero attached hydrogens (tertiary/aromatic N) is 1. The highest BCUT2D eigenvalue weighted by atomic mass is 35.5. The topological polar surface area (TPSA) is 49.3 Å². The molecule has 1 aliphatic rings. The van der Waals surface area contributed by atoms with Gasteiger partial charge in [-0.2, -0.15) is 0 Å². The fraction of sp³-hybridized carbons (Fsp3) is 0.500. The lowest BCUT2D eigenvalue weighted by atomic mass is 9.95. The van der Waals surface area contributed by atoms with Crippen LogP contribution in [0.25, 0.3) is 0 Å². The molecule has 1 aliphatic heterocycles. The van der Waals surface area contributed by atoms with Crippen LogP contribution >= 0.6 is 12.4 Å². The maximum atomic E-state index is 5.51. The Kier molecular flexibility index (Phi) is 5.51. The van der Waals surface area contributed by atoms with Crippen molar-refractivity contribution in [2.75, 3.05) is 35.0 Å². The zero-order valence-electron chi connectivity index (χ0n) is 12.4. The van der Waals surface area contributed by atoms with Crippen LogP contribution in [-0.2, 0) is 6.42 Å². The van der Waals surface area contributed by atoms with Gasteiger partial charge in [-0.15, -0.1) is 12.4 Å². The van der Waals surface area contributed by atoms with E-state index in [1.54, 1.807) is 28.4 Å². The minimum atomic E-state index is 0. The smallest absolute Gasteiger partial charge is 0.207 e. The van der Waals surface area contributed by atoms with Crippen LogP contribution in [0, 0.1) is 0 Å². The summed E-state index contributed by atoms with van der Waals surface area (Å²) in [5.41, 5.74) is 2.94. The van der Waals surface area contributed by atoms with Gasteiger partial charge in [0.05, 0.1) is 28.4 Å². The lowest BCUT2D eigenvalue weighted by molar-refractivity contribution is 0.303. The third kappa shape index (κ3) is 2.38. The van der Waals surface area contributed by atoms with Crippen LogP contribution in [0.15, 0.2) is 4.99 Å². The van der Waals surface area contributed by atoms with Crippen LogP contribution in [0.4, 0.5) is 0 Å². The lowest BCUT2D eigenvalue weighted by Crippen LogP contribution is -2.15. The summed E-state index contributed by atoms with van der Waals surface area (Å²) in [7, 11) is 6.43. The summed E-state index contributed by atoms with van der Waals surface area (Å²) in [6, 6.07) is 0. The highest BCUT2D eigenvalue weighted by molar-refractivity contribution is 6.05. The standard InChI is InChI=1S/C14H19NO4.ClH/c1-8-10-9(6-7-15-8)11(16-2)13(18-4)14(19-5)12(10)17-3;/h6-7H2,1-5H3;1H. The molecule has 5 nitrogen and oxygen atoms in total. The van der Waals surface area contributed by atoms with E-state index in [1.165, 1.54) is 0 Å². The zero-order chi connectivity index (χ0) is 14.0. The maximum absolute atomic E-state index is 5.51. The highest BCUT2D eigenvalue weighted by Gasteiger charge is 2.29. The molecule has 0 radical (unpaired) electrons. The molecule has 112 valence electrons. The maximum Gasteiger partial charge on any atom is 0.207 e. The molecular weight excluding hydrogens is 282 g/mol. The molecule has 1 aromatic carbocycles. The van der Waals surface area contributed by atoms with Gasteiger partial charge in [0.25, 0.3) is 0 Å². The van der Waals surface area contributed by atoms with E-state index in [0.717, 1.165) is 29.8 Å².